The molecule has 0 bridgehead atoms. The van der Waals surface area contributed by atoms with E-state index in [4.69, 9.17) is 23.7 Å². The lowest BCUT2D eigenvalue weighted by Crippen LogP contribution is -2.54. The molecule has 0 saturated carbocycles. The summed E-state index contributed by atoms with van der Waals surface area (Å²) in [6.07, 6.45) is -0.304. The van der Waals surface area contributed by atoms with Gasteiger partial charge in [-0.1, -0.05) is 0 Å². The van der Waals surface area contributed by atoms with Gasteiger partial charge in [-0.25, -0.2) is 4.79 Å². The molecule has 1 unspecified atom stereocenters. The van der Waals surface area contributed by atoms with Crippen LogP contribution >= 0.6 is 0 Å². The molecule has 0 aliphatic carbocycles. The van der Waals surface area contributed by atoms with E-state index in [1.54, 1.807) is 6.92 Å². The Kier molecular flexibility index (Phi) is 3.75. The van der Waals surface area contributed by atoms with Gasteiger partial charge in [0.25, 0.3) is 6.29 Å². The van der Waals surface area contributed by atoms with E-state index in [0.29, 0.717) is 32.8 Å². The van der Waals surface area contributed by atoms with E-state index in [1.807, 2.05) is 0 Å². The third-order valence-electron chi connectivity index (χ3n) is 2.56. The third-order valence-corrected chi connectivity index (χ3v) is 2.56. The van der Waals surface area contributed by atoms with Crippen LogP contribution in [0, 0.1) is 0 Å². The second-order valence-electron chi connectivity index (χ2n) is 3.82. The molecule has 2 rings (SSSR count). The molecule has 6 nitrogen and oxygen atoms in total. The van der Waals surface area contributed by atoms with Crippen LogP contribution in [0.3, 0.4) is 0 Å². The van der Waals surface area contributed by atoms with Gasteiger partial charge in [0, 0.05) is 6.42 Å². The molecule has 2 fully saturated rings. The Labute approximate surface area is 93.7 Å². The van der Waals surface area contributed by atoms with Crippen molar-refractivity contribution in [3.8, 4) is 0 Å². The van der Waals surface area contributed by atoms with Crippen LogP contribution in [-0.2, 0) is 28.5 Å². The normalized spacial score (nSPS) is 28.9. The molecule has 0 aromatic heterocycles. The first-order chi connectivity index (χ1) is 7.76. The van der Waals surface area contributed by atoms with Crippen molar-refractivity contribution in [3.63, 3.8) is 0 Å². The maximum atomic E-state index is 11.5. The van der Waals surface area contributed by atoms with Crippen molar-refractivity contribution in [1.29, 1.82) is 0 Å². The van der Waals surface area contributed by atoms with E-state index in [1.165, 1.54) is 0 Å². The maximum Gasteiger partial charge on any atom is 0.363 e. The van der Waals surface area contributed by atoms with Crippen molar-refractivity contribution >= 4 is 5.97 Å². The minimum absolute atomic E-state index is 0.274. The van der Waals surface area contributed by atoms with Gasteiger partial charge >= 0.3 is 5.97 Å². The maximum absolute atomic E-state index is 11.5. The predicted octanol–water partition coefficient (Wildman–Crippen LogP) is 0.0556. The van der Waals surface area contributed by atoms with Crippen LogP contribution in [0.2, 0.25) is 0 Å². The zero-order valence-electron chi connectivity index (χ0n) is 9.27. The fraction of sp³-hybridized carbons (Fsp3) is 0.900. The zero-order valence-corrected chi connectivity index (χ0v) is 9.27. The molecule has 2 saturated heterocycles. The number of esters is 1. The van der Waals surface area contributed by atoms with Crippen molar-refractivity contribution in [2.75, 3.05) is 33.2 Å². The van der Waals surface area contributed by atoms with Crippen LogP contribution in [-0.4, -0.2) is 51.1 Å². The van der Waals surface area contributed by atoms with E-state index in [9.17, 15) is 4.79 Å². The number of carbonyl (C=O) groups is 1. The van der Waals surface area contributed by atoms with Gasteiger partial charge < -0.3 is 23.7 Å². The lowest BCUT2D eigenvalue weighted by atomic mass is 10.0. The highest BCUT2D eigenvalue weighted by atomic mass is 16.8. The van der Waals surface area contributed by atoms with Crippen molar-refractivity contribution in [2.24, 2.45) is 0 Å². The second-order valence-corrected chi connectivity index (χ2v) is 3.82. The van der Waals surface area contributed by atoms with Gasteiger partial charge in [-0.05, 0) is 6.92 Å². The average Bonchev–Trinajstić information content (AvgIpc) is 2.30. The van der Waals surface area contributed by atoms with Crippen LogP contribution in [0.4, 0.5) is 0 Å². The highest BCUT2D eigenvalue weighted by molar-refractivity contribution is 5.73. The summed E-state index contributed by atoms with van der Waals surface area (Å²) in [7, 11) is 0. The lowest BCUT2D eigenvalue weighted by Gasteiger charge is -2.41. The van der Waals surface area contributed by atoms with E-state index in [2.05, 4.69) is 0 Å². The average molecular weight is 232 g/mol. The molecule has 0 aromatic rings. The first-order valence-electron chi connectivity index (χ1n) is 5.37. The number of rotatable bonds is 2. The second kappa shape index (κ2) is 5.09. The van der Waals surface area contributed by atoms with E-state index in [0.717, 1.165) is 0 Å². The fourth-order valence-electron chi connectivity index (χ4n) is 1.77. The zero-order chi connectivity index (χ0) is 11.4. The molecule has 0 N–H and O–H groups in total. The van der Waals surface area contributed by atoms with Crippen molar-refractivity contribution < 1.29 is 28.5 Å². The molecule has 0 aromatic carbocycles. The molecular weight excluding hydrogens is 216 g/mol. The summed E-state index contributed by atoms with van der Waals surface area (Å²) in [5.41, 5.74) is -0.562. The van der Waals surface area contributed by atoms with Crippen LogP contribution in [0.25, 0.3) is 0 Å². The molecule has 2 heterocycles. The summed E-state index contributed by atoms with van der Waals surface area (Å²) in [5.74, 6) is -0.493. The molecule has 2 aliphatic heterocycles. The first kappa shape index (κ1) is 11.8. The molecule has 16 heavy (non-hydrogen) atoms. The Balaban J connectivity index is 1.94. The number of ether oxygens (including phenoxy) is 5. The van der Waals surface area contributed by atoms with Gasteiger partial charge in [0.05, 0.1) is 26.4 Å². The summed E-state index contributed by atoms with van der Waals surface area (Å²) in [6, 6.07) is 0. The highest BCUT2D eigenvalue weighted by Crippen LogP contribution is 2.28. The van der Waals surface area contributed by atoms with Crippen molar-refractivity contribution in [1.82, 2.24) is 0 Å². The van der Waals surface area contributed by atoms with Gasteiger partial charge in [0.2, 0.25) is 0 Å². The minimum Gasteiger partial charge on any atom is -0.462 e. The quantitative estimate of drug-likeness (QED) is 0.627. The standard InChI is InChI=1S/C10H16O6/c1-2-14-8(11)9-15-4-3-10(16-9)5-12-7-13-6-10/h9H,2-7H2,1H3. The first-order valence-corrected chi connectivity index (χ1v) is 5.37. The van der Waals surface area contributed by atoms with E-state index in [-0.39, 0.29) is 6.79 Å². The fourth-order valence-corrected chi connectivity index (χ4v) is 1.77. The third kappa shape index (κ3) is 2.52. The van der Waals surface area contributed by atoms with Crippen LogP contribution in [0.1, 0.15) is 13.3 Å². The largest absolute Gasteiger partial charge is 0.462 e. The van der Waals surface area contributed by atoms with Crippen molar-refractivity contribution in [3.05, 3.63) is 0 Å². The number of hydrogen-bond donors (Lipinski definition) is 0. The molecule has 1 spiro atoms. The summed E-state index contributed by atoms with van der Waals surface area (Å²) in [5, 5.41) is 0. The van der Waals surface area contributed by atoms with E-state index < -0.39 is 17.9 Å². The van der Waals surface area contributed by atoms with E-state index >= 15 is 0 Å². The Morgan fingerprint density at radius 3 is 2.88 bits per heavy atom. The Morgan fingerprint density at radius 1 is 1.44 bits per heavy atom. The molecular formula is C10H16O6. The summed E-state index contributed by atoms with van der Waals surface area (Å²) >= 11 is 0. The molecule has 6 heteroatoms. The SMILES string of the molecule is CCOC(=O)C1OCCC2(COCOC2)O1. The predicted molar refractivity (Wildman–Crippen MR) is 51.6 cm³/mol. The topological polar surface area (TPSA) is 63.2 Å². The monoisotopic (exact) mass is 232 g/mol. The molecule has 2 aliphatic rings. The molecule has 92 valence electrons. The van der Waals surface area contributed by atoms with Gasteiger partial charge in [-0.3, -0.25) is 0 Å². The molecule has 1 atom stereocenters. The van der Waals surface area contributed by atoms with Gasteiger partial charge in [0.1, 0.15) is 12.4 Å². The molecule has 0 amide bonds. The lowest BCUT2D eigenvalue weighted by molar-refractivity contribution is -0.307. The van der Waals surface area contributed by atoms with Crippen molar-refractivity contribution in [2.45, 2.75) is 25.2 Å². The summed E-state index contributed by atoms with van der Waals surface area (Å²) in [6.45, 7) is 3.61. The molecule has 0 radical (unpaired) electrons. The highest BCUT2D eigenvalue weighted by Gasteiger charge is 2.43. The van der Waals surface area contributed by atoms with Gasteiger partial charge in [0.15, 0.2) is 0 Å². The summed E-state index contributed by atoms with van der Waals surface area (Å²) in [4.78, 5) is 11.5. The van der Waals surface area contributed by atoms with Crippen LogP contribution in [0.5, 0.6) is 0 Å². The minimum atomic E-state index is -0.959. The van der Waals surface area contributed by atoms with Crippen LogP contribution in [0.15, 0.2) is 0 Å². The van der Waals surface area contributed by atoms with Gasteiger partial charge in [-0.15, -0.1) is 0 Å². The Bertz CT molecular complexity index is 242. The summed E-state index contributed by atoms with van der Waals surface area (Å²) < 4.78 is 26.0. The smallest absolute Gasteiger partial charge is 0.363 e. The number of carbonyl (C=O) groups excluding carboxylic acids is 1. The Morgan fingerprint density at radius 2 is 2.19 bits per heavy atom. The Hall–Kier alpha value is -0.690. The van der Waals surface area contributed by atoms with Gasteiger partial charge in [-0.2, -0.15) is 0 Å². The van der Waals surface area contributed by atoms with Crippen LogP contribution < -0.4 is 0 Å². The number of hydrogen-bond acceptors (Lipinski definition) is 6.